The van der Waals surface area contributed by atoms with E-state index < -0.39 is 73.8 Å². The average Bonchev–Trinajstić information content (AvgIpc) is 2.92. The average molecular weight is 807 g/mol. The zero-order valence-electron chi connectivity index (χ0n) is 36.7. The van der Waals surface area contributed by atoms with E-state index in [4.69, 9.17) is 27.2 Å². The van der Waals surface area contributed by atoms with Gasteiger partial charge in [-0.3, -0.25) is 0 Å². The summed E-state index contributed by atoms with van der Waals surface area (Å²) < 4.78 is 70.8. The molecule has 0 spiro atoms. The molecule has 0 N–H and O–H groups in total. The maximum Gasteiger partial charge on any atom is 0.192 e. The fraction of sp³-hybridized carbons (Fsp3) is 0.842. The van der Waals surface area contributed by atoms with Gasteiger partial charge in [0.15, 0.2) is 49.4 Å². The highest BCUT2D eigenvalue weighted by atomic mass is 32.2. The largest absolute Gasteiger partial charge is 0.410 e. The Morgan fingerprint density at radius 3 is 1.16 bits per heavy atom. The van der Waals surface area contributed by atoms with Crippen LogP contribution < -0.4 is 0 Å². The summed E-state index contributed by atoms with van der Waals surface area (Å²) in [6, 6.07) is 8.65. The molecule has 0 heterocycles. The molecule has 0 aliphatic carbocycles. The molecule has 0 aliphatic heterocycles. The van der Waals surface area contributed by atoms with Gasteiger partial charge in [-0.25, -0.2) is 8.42 Å². The van der Waals surface area contributed by atoms with Gasteiger partial charge in [0.05, 0.1) is 22.9 Å². The number of hydrogen-bond donors (Lipinski definition) is 0. The van der Waals surface area contributed by atoms with Crippen molar-refractivity contribution in [3.8, 4) is 0 Å². The highest BCUT2D eigenvalue weighted by molar-refractivity contribution is 7.91. The highest BCUT2D eigenvalue weighted by Gasteiger charge is 2.55. The molecule has 0 aliphatic rings. The second-order valence-corrected chi connectivity index (χ2v) is 41.4. The Bertz CT molecular complexity index is 1330. The van der Waals surface area contributed by atoms with Crippen LogP contribution in [-0.4, -0.2) is 92.4 Å². The van der Waals surface area contributed by atoms with Gasteiger partial charge in [0, 0.05) is 14.2 Å². The molecule has 4 atom stereocenters. The Hall–Kier alpha value is -0.202. The van der Waals surface area contributed by atoms with Crippen LogP contribution in [0.4, 0.5) is 0 Å². The van der Waals surface area contributed by atoms with Crippen molar-refractivity contribution in [2.75, 3.05) is 20.0 Å². The summed E-state index contributed by atoms with van der Waals surface area (Å²) in [6.45, 7) is 43.9. The van der Waals surface area contributed by atoms with Gasteiger partial charge in [0.25, 0.3) is 0 Å². The van der Waals surface area contributed by atoms with Crippen molar-refractivity contribution in [3.63, 3.8) is 0 Å². The normalized spacial score (nSPS) is 17.4. The maximum atomic E-state index is 14.5. The van der Waals surface area contributed by atoms with Gasteiger partial charge in [-0.15, -0.1) is 0 Å². The minimum atomic E-state index is -3.84. The lowest BCUT2D eigenvalue weighted by Crippen LogP contribution is -2.65. The molecule has 0 saturated heterocycles. The van der Waals surface area contributed by atoms with Crippen molar-refractivity contribution in [3.05, 3.63) is 30.3 Å². The van der Waals surface area contributed by atoms with Gasteiger partial charge in [-0.05, 0) is 84.7 Å². The minimum absolute atomic E-state index is 0.151. The van der Waals surface area contributed by atoms with E-state index in [0.717, 1.165) is 0 Å². The monoisotopic (exact) mass is 806 g/mol. The zero-order valence-corrected chi connectivity index (χ0v) is 41.5. The molecule has 8 nitrogen and oxygen atoms in total. The van der Waals surface area contributed by atoms with Crippen LogP contribution >= 0.6 is 0 Å². The summed E-state index contributed by atoms with van der Waals surface area (Å²) in [7, 11) is -11.0. The smallest absolute Gasteiger partial charge is 0.192 e. The number of sulfone groups is 1. The second-order valence-electron chi connectivity index (χ2n) is 20.4. The lowest BCUT2D eigenvalue weighted by molar-refractivity contribution is -0.200. The molecule has 0 fully saturated rings. The standard InChI is InChI=1S/C38H78O8SSi4/c1-35(2,3)48(15,16)43-30(28-47(39,40)29-26-24-23-25-27-29)31(44-49(17,18)36(4,5)6)32(45-50(19,20)37(7,8)9)33(34(41-13)42-14)46-51(21,22)38(10,11)12/h23-27,30-34H,28H2,1-22H3/t30-,31-,32+,33-/m0/s1. The van der Waals surface area contributed by atoms with Crippen molar-refractivity contribution in [1.82, 2.24) is 0 Å². The molecule has 1 aromatic carbocycles. The third-order valence-electron chi connectivity index (χ3n) is 12.2. The quantitative estimate of drug-likeness (QED) is 0.114. The van der Waals surface area contributed by atoms with E-state index in [-0.39, 0.29) is 30.8 Å². The minimum Gasteiger partial charge on any atom is -0.410 e. The first-order valence-corrected chi connectivity index (χ1v) is 31.8. The number of ether oxygens (including phenoxy) is 2. The molecule has 0 amide bonds. The Labute approximate surface area is 318 Å². The lowest BCUT2D eigenvalue weighted by Gasteiger charge is -2.52. The summed E-state index contributed by atoms with van der Waals surface area (Å²) in [5, 5.41) is -0.750. The summed E-state index contributed by atoms with van der Waals surface area (Å²) in [5.74, 6) is -0.280. The SMILES string of the molecule is COC(OC)[C@@H](O[Si](C)(C)C(C)(C)C)[C@H](O[Si](C)(C)C(C)(C)C)[C@@H](O[Si](C)(C)C(C)(C)C)[C@H](CS(=O)(=O)c1ccccc1)O[Si](C)(C)C(C)(C)C. The molecule has 0 radical (unpaired) electrons. The van der Waals surface area contributed by atoms with Crippen LogP contribution in [0.3, 0.4) is 0 Å². The summed E-state index contributed by atoms with van der Waals surface area (Å²) in [6.07, 6.45) is -4.09. The Balaban J connectivity index is 4.48. The maximum absolute atomic E-state index is 14.5. The van der Waals surface area contributed by atoms with E-state index in [9.17, 15) is 8.42 Å². The molecule has 0 aromatic heterocycles. The van der Waals surface area contributed by atoms with Crippen molar-refractivity contribution in [2.24, 2.45) is 0 Å². The fourth-order valence-corrected chi connectivity index (χ4v) is 11.4. The second kappa shape index (κ2) is 16.9. The van der Waals surface area contributed by atoms with E-state index in [1.807, 2.05) is 6.07 Å². The predicted molar refractivity (Wildman–Crippen MR) is 225 cm³/mol. The number of methoxy groups -OCH3 is 2. The van der Waals surface area contributed by atoms with E-state index in [2.05, 4.69) is 135 Å². The zero-order chi connectivity index (χ0) is 40.4. The van der Waals surface area contributed by atoms with Crippen LogP contribution in [0.2, 0.25) is 72.5 Å². The molecular formula is C38H78O8SSi4. The molecule has 0 saturated carbocycles. The van der Waals surface area contributed by atoms with Crippen LogP contribution in [-0.2, 0) is 37.0 Å². The highest BCUT2D eigenvalue weighted by Crippen LogP contribution is 2.46. The van der Waals surface area contributed by atoms with Crippen LogP contribution in [0.15, 0.2) is 35.2 Å². The molecule has 1 rings (SSSR count). The van der Waals surface area contributed by atoms with Gasteiger partial charge in [0.2, 0.25) is 0 Å². The van der Waals surface area contributed by atoms with E-state index >= 15 is 0 Å². The van der Waals surface area contributed by atoms with Gasteiger partial charge >= 0.3 is 0 Å². The van der Waals surface area contributed by atoms with Crippen molar-refractivity contribution < 1.29 is 35.6 Å². The number of benzene rings is 1. The molecular weight excluding hydrogens is 729 g/mol. The molecule has 13 heteroatoms. The number of rotatable bonds is 17. The van der Waals surface area contributed by atoms with Crippen LogP contribution in [0.5, 0.6) is 0 Å². The van der Waals surface area contributed by atoms with E-state index in [1.54, 1.807) is 38.5 Å². The summed E-state index contributed by atoms with van der Waals surface area (Å²) in [4.78, 5) is 0.252. The molecule has 0 bridgehead atoms. The first-order chi connectivity index (χ1) is 22.5. The van der Waals surface area contributed by atoms with Crippen LogP contribution in [0.25, 0.3) is 0 Å². The Morgan fingerprint density at radius 1 is 0.510 bits per heavy atom. The number of hydrogen-bond acceptors (Lipinski definition) is 8. The Kier molecular flexibility index (Phi) is 16.2. The fourth-order valence-electron chi connectivity index (χ4n) is 4.56. The van der Waals surface area contributed by atoms with Crippen molar-refractivity contribution >= 4 is 43.1 Å². The van der Waals surface area contributed by atoms with Crippen molar-refractivity contribution in [2.45, 2.75) is 191 Å². The van der Waals surface area contributed by atoms with Crippen LogP contribution in [0, 0.1) is 0 Å². The molecule has 0 unspecified atom stereocenters. The summed E-state index contributed by atoms with van der Waals surface area (Å²) >= 11 is 0. The third kappa shape index (κ3) is 12.7. The van der Waals surface area contributed by atoms with Gasteiger partial charge < -0.3 is 27.2 Å². The third-order valence-corrected chi connectivity index (χ3v) is 31.9. The Morgan fingerprint density at radius 2 is 0.824 bits per heavy atom. The molecule has 51 heavy (non-hydrogen) atoms. The van der Waals surface area contributed by atoms with E-state index in [1.165, 1.54) is 0 Å². The summed E-state index contributed by atoms with van der Waals surface area (Å²) in [5.41, 5.74) is 0. The van der Waals surface area contributed by atoms with Crippen LogP contribution in [0.1, 0.15) is 83.1 Å². The van der Waals surface area contributed by atoms with Crippen molar-refractivity contribution in [1.29, 1.82) is 0 Å². The topological polar surface area (TPSA) is 89.5 Å². The van der Waals surface area contributed by atoms with E-state index in [0.29, 0.717) is 0 Å². The van der Waals surface area contributed by atoms with Gasteiger partial charge in [-0.1, -0.05) is 101 Å². The molecule has 1 aromatic rings. The first kappa shape index (κ1) is 48.8. The van der Waals surface area contributed by atoms with Gasteiger partial charge in [0.1, 0.15) is 12.2 Å². The van der Waals surface area contributed by atoms with Gasteiger partial charge in [-0.2, -0.15) is 0 Å². The first-order valence-electron chi connectivity index (χ1n) is 18.5. The predicted octanol–water partition coefficient (Wildman–Crippen LogP) is 10.6. The molecule has 300 valence electrons. The lowest BCUT2D eigenvalue weighted by atomic mass is 10.0.